The van der Waals surface area contributed by atoms with Crippen molar-refractivity contribution < 1.29 is 17.9 Å². The molecule has 16 heavy (non-hydrogen) atoms. The zero-order valence-electron chi connectivity index (χ0n) is 8.71. The van der Waals surface area contributed by atoms with E-state index in [-0.39, 0.29) is 0 Å². The molecule has 6 heteroatoms. The first-order chi connectivity index (χ1) is 7.38. The van der Waals surface area contributed by atoms with Crippen molar-refractivity contribution in [2.24, 2.45) is 0 Å². The average Bonchev–Trinajstić information content (AvgIpc) is 2.15. The van der Waals surface area contributed by atoms with Gasteiger partial charge in [-0.1, -0.05) is 0 Å². The standard InChI is InChI=1S/C10H11F3N2O/c1-14-3-2-9-7(5-14)4-8(6-15(9)16)10(11,12)13/h4,6H,2-3,5H2,1H3. The van der Waals surface area contributed by atoms with Crippen LogP contribution < -0.4 is 4.73 Å². The minimum Gasteiger partial charge on any atom is -0.618 e. The van der Waals surface area contributed by atoms with E-state index in [9.17, 15) is 18.4 Å². The summed E-state index contributed by atoms with van der Waals surface area (Å²) in [7, 11) is 1.82. The molecule has 0 bridgehead atoms. The van der Waals surface area contributed by atoms with Crippen molar-refractivity contribution in [1.82, 2.24) is 4.90 Å². The number of rotatable bonds is 0. The molecule has 2 rings (SSSR count). The maximum absolute atomic E-state index is 12.5. The molecule has 1 aromatic heterocycles. The highest BCUT2D eigenvalue weighted by molar-refractivity contribution is 5.25. The Bertz CT molecular complexity index is 417. The van der Waals surface area contributed by atoms with E-state index in [4.69, 9.17) is 0 Å². The van der Waals surface area contributed by atoms with Gasteiger partial charge >= 0.3 is 6.18 Å². The molecule has 0 fully saturated rings. The zero-order chi connectivity index (χ0) is 11.9. The monoisotopic (exact) mass is 232 g/mol. The SMILES string of the molecule is CN1CCc2c(cc(C(F)(F)F)c[n+]2[O-])C1. The summed E-state index contributed by atoms with van der Waals surface area (Å²) in [6.45, 7) is 1.09. The van der Waals surface area contributed by atoms with Crippen molar-refractivity contribution in [3.05, 3.63) is 34.3 Å². The molecule has 0 spiro atoms. The first-order valence-electron chi connectivity index (χ1n) is 4.88. The highest BCUT2D eigenvalue weighted by Crippen LogP contribution is 2.30. The third kappa shape index (κ3) is 1.97. The van der Waals surface area contributed by atoms with Gasteiger partial charge in [-0.25, -0.2) is 0 Å². The van der Waals surface area contributed by atoms with Crippen molar-refractivity contribution in [3.63, 3.8) is 0 Å². The fourth-order valence-electron chi connectivity index (χ4n) is 1.88. The van der Waals surface area contributed by atoms with E-state index in [1.54, 1.807) is 0 Å². The predicted molar refractivity (Wildman–Crippen MR) is 50.4 cm³/mol. The van der Waals surface area contributed by atoms with Crippen molar-refractivity contribution >= 4 is 0 Å². The number of pyridine rings is 1. The average molecular weight is 232 g/mol. The number of hydrogen-bond acceptors (Lipinski definition) is 2. The van der Waals surface area contributed by atoms with Crippen LogP contribution >= 0.6 is 0 Å². The zero-order valence-corrected chi connectivity index (χ0v) is 8.71. The van der Waals surface area contributed by atoms with E-state index in [0.717, 1.165) is 6.07 Å². The van der Waals surface area contributed by atoms with Crippen molar-refractivity contribution in [2.75, 3.05) is 13.6 Å². The predicted octanol–water partition coefficient (Wildman–Crippen LogP) is 1.33. The Balaban J connectivity index is 2.48. The summed E-state index contributed by atoms with van der Waals surface area (Å²) in [4.78, 5) is 1.89. The highest BCUT2D eigenvalue weighted by Gasteiger charge is 2.35. The van der Waals surface area contributed by atoms with E-state index in [2.05, 4.69) is 0 Å². The van der Waals surface area contributed by atoms with E-state index < -0.39 is 11.7 Å². The van der Waals surface area contributed by atoms with Gasteiger partial charge in [0.15, 0.2) is 11.9 Å². The lowest BCUT2D eigenvalue weighted by Gasteiger charge is -2.24. The summed E-state index contributed by atoms with van der Waals surface area (Å²) in [5.41, 5.74) is 0.0428. The van der Waals surface area contributed by atoms with Crippen LogP contribution in [0, 0.1) is 5.21 Å². The van der Waals surface area contributed by atoms with Crippen LogP contribution in [-0.2, 0) is 19.1 Å². The van der Waals surface area contributed by atoms with Crippen molar-refractivity contribution in [3.8, 4) is 0 Å². The second kappa shape index (κ2) is 3.62. The van der Waals surface area contributed by atoms with Gasteiger partial charge in [0.05, 0.1) is 0 Å². The van der Waals surface area contributed by atoms with E-state index in [0.29, 0.717) is 41.7 Å². The molecule has 3 nitrogen and oxygen atoms in total. The minimum atomic E-state index is -4.46. The summed E-state index contributed by atoms with van der Waals surface area (Å²) in [6, 6.07) is 1.07. The Hall–Kier alpha value is -1.30. The van der Waals surface area contributed by atoms with Crippen molar-refractivity contribution in [1.29, 1.82) is 0 Å². The van der Waals surface area contributed by atoms with Crippen LogP contribution in [0.3, 0.4) is 0 Å². The van der Waals surface area contributed by atoms with E-state index >= 15 is 0 Å². The normalized spacial score (nSPS) is 17.2. The number of alkyl halides is 3. The summed E-state index contributed by atoms with van der Waals surface area (Å²) < 4.78 is 37.8. The third-order valence-corrected chi connectivity index (χ3v) is 2.72. The highest BCUT2D eigenvalue weighted by atomic mass is 19.4. The molecule has 0 amide bonds. The molecule has 0 radical (unpaired) electrons. The van der Waals surface area contributed by atoms with Crippen LogP contribution in [0.15, 0.2) is 12.3 Å². The van der Waals surface area contributed by atoms with Crippen LogP contribution in [0.2, 0.25) is 0 Å². The van der Waals surface area contributed by atoms with Gasteiger partial charge in [-0.15, -0.1) is 0 Å². The summed E-state index contributed by atoms with van der Waals surface area (Å²) in [5, 5.41) is 11.4. The number of halogens is 3. The lowest BCUT2D eigenvalue weighted by molar-refractivity contribution is -0.616. The third-order valence-electron chi connectivity index (χ3n) is 2.72. The smallest absolute Gasteiger partial charge is 0.422 e. The molecule has 2 heterocycles. The van der Waals surface area contributed by atoms with Gasteiger partial charge in [0, 0.05) is 25.1 Å². The molecule has 0 saturated heterocycles. The Labute approximate surface area is 90.7 Å². The molecule has 0 aliphatic carbocycles. The quantitative estimate of drug-likeness (QED) is 0.499. The van der Waals surface area contributed by atoms with Gasteiger partial charge in [0.1, 0.15) is 5.56 Å². The second-order valence-electron chi connectivity index (χ2n) is 4.01. The van der Waals surface area contributed by atoms with Crippen LogP contribution in [0.4, 0.5) is 13.2 Å². The topological polar surface area (TPSA) is 30.2 Å². The first-order valence-corrected chi connectivity index (χ1v) is 4.88. The molecule has 0 saturated carbocycles. The number of hydrogen-bond donors (Lipinski definition) is 0. The minimum absolute atomic E-state index is 0.352. The second-order valence-corrected chi connectivity index (χ2v) is 4.01. The fraction of sp³-hybridized carbons (Fsp3) is 0.500. The maximum Gasteiger partial charge on any atom is 0.422 e. The Morgan fingerprint density at radius 1 is 1.44 bits per heavy atom. The van der Waals surface area contributed by atoms with E-state index in [1.807, 2.05) is 11.9 Å². The van der Waals surface area contributed by atoms with Crippen LogP contribution in [-0.4, -0.2) is 18.5 Å². The fourth-order valence-corrected chi connectivity index (χ4v) is 1.88. The molecular formula is C10H11F3N2O. The van der Waals surface area contributed by atoms with Gasteiger partial charge in [-0.05, 0) is 13.1 Å². The summed E-state index contributed by atoms with van der Waals surface area (Å²) in [5.74, 6) is 0. The van der Waals surface area contributed by atoms with Gasteiger partial charge in [0.2, 0.25) is 0 Å². The van der Waals surface area contributed by atoms with Gasteiger partial charge in [-0.3, -0.25) is 0 Å². The maximum atomic E-state index is 12.5. The lowest BCUT2D eigenvalue weighted by atomic mass is 10.0. The molecule has 0 unspecified atom stereocenters. The Kier molecular flexibility index (Phi) is 2.53. The molecule has 1 aliphatic rings. The van der Waals surface area contributed by atoms with Crippen LogP contribution in [0.1, 0.15) is 16.8 Å². The summed E-state index contributed by atoms with van der Waals surface area (Å²) >= 11 is 0. The van der Waals surface area contributed by atoms with Crippen LogP contribution in [0.25, 0.3) is 0 Å². The Morgan fingerprint density at radius 2 is 2.12 bits per heavy atom. The molecule has 1 aliphatic heterocycles. The largest absolute Gasteiger partial charge is 0.618 e. The number of aromatic nitrogens is 1. The van der Waals surface area contributed by atoms with Gasteiger partial charge < -0.3 is 10.1 Å². The van der Waals surface area contributed by atoms with Crippen molar-refractivity contribution in [2.45, 2.75) is 19.1 Å². The molecular weight excluding hydrogens is 221 g/mol. The number of likely N-dealkylation sites (N-methyl/N-ethyl adjacent to an activating group) is 1. The number of fused-ring (bicyclic) bond motifs is 1. The Morgan fingerprint density at radius 3 is 2.75 bits per heavy atom. The first kappa shape index (κ1) is 11.2. The molecule has 0 atom stereocenters. The van der Waals surface area contributed by atoms with Gasteiger partial charge in [0.25, 0.3) is 0 Å². The summed E-state index contributed by atoms with van der Waals surface area (Å²) in [6.07, 6.45) is -3.35. The van der Waals surface area contributed by atoms with Gasteiger partial charge in [-0.2, -0.15) is 17.9 Å². The molecule has 0 aromatic carbocycles. The van der Waals surface area contributed by atoms with Crippen LogP contribution in [0.5, 0.6) is 0 Å². The molecule has 0 N–H and O–H groups in total. The number of nitrogens with zero attached hydrogens (tertiary/aromatic N) is 2. The van der Waals surface area contributed by atoms with E-state index in [1.165, 1.54) is 0 Å². The molecule has 1 aromatic rings. The lowest BCUT2D eigenvalue weighted by Crippen LogP contribution is -2.40. The molecule has 88 valence electrons.